The molecule has 9 heteroatoms. The summed E-state index contributed by atoms with van der Waals surface area (Å²) in [7, 11) is 0. The molecular weight excluding hydrogens is 376 g/mol. The van der Waals surface area contributed by atoms with Crippen LogP contribution in [0.4, 0.5) is 5.69 Å². The molecule has 150 valence electrons. The van der Waals surface area contributed by atoms with E-state index in [1.54, 1.807) is 29.2 Å². The summed E-state index contributed by atoms with van der Waals surface area (Å²) >= 11 is 0. The molecule has 3 amide bonds. The lowest BCUT2D eigenvalue weighted by atomic mass is 9.95. The van der Waals surface area contributed by atoms with Gasteiger partial charge in [-0.25, -0.2) is 9.78 Å². The topological polar surface area (TPSA) is 143 Å². The van der Waals surface area contributed by atoms with E-state index >= 15 is 0 Å². The van der Waals surface area contributed by atoms with E-state index < -0.39 is 11.9 Å². The number of rotatable bonds is 5. The summed E-state index contributed by atoms with van der Waals surface area (Å²) in [5.41, 5.74) is 5.82. The molecule has 0 atom stereocenters. The zero-order valence-electron chi connectivity index (χ0n) is 15.5. The number of nitrogens with two attached hydrogens (primary N) is 1. The number of primary amides is 1. The number of piperidine rings is 1. The SMILES string of the molecule is NC(=O)C1CCN(C(=O)c2ccccc2NC(=O)c2ccnc(C(=O)O)c2)CC1. The maximum absolute atomic E-state index is 12.9. The molecule has 1 aromatic carbocycles. The van der Waals surface area contributed by atoms with Crippen LogP contribution in [0.3, 0.4) is 0 Å². The second-order valence-electron chi connectivity index (χ2n) is 6.70. The van der Waals surface area contributed by atoms with Crippen molar-refractivity contribution in [3.63, 3.8) is 0 Å². The number of aromatic carboxylic acids is 1. The van der Waals surface area contributed by atoms with E-state index in [0.717, 1.165) is 6.07 Å². The summed E-state index contributed by atoms with van der Waals surface area (Å²) in [4.78, 5) is 53.1. The van der Waals surface area contributed by atoms with E-state index in [-0.39, 0.29) is 29.0 Å². The number of pyridine rings is 1. The third kappa shape index (κ3) is 4.57. The number of carboxylic acid groups (broad SMARTS) is 1. The molecule has 1 fully saturated rings. The van der Waals surface area contributed by atoms with Crippen molar-refractivity contribution in [2.75, 3.05) is 18.4 Å². The number of carbonyl (C=O) groups excluding carboxylic acids is 3. The Hall–Kier alpha value is -3.75. The molecule has 0 aliphatic carbocycles. The zero-order valence-corrected chi connectivity index (χ0v) is 15.5. The zero-order chi connectivity index (χ0) is 21.0. The second-order valence-corrected chi connectivity index (χ2v) is 6.70. The lowest BCUT2D eigenvalue weighted by Crippen LogP contribution is -2.42. The van der Waals surface area contributed by atoms with Crippen molar-refractivity contribution in [1.29, 1.82) is 0 Å². The maximum atomic E-state index is 12.9. The Bertz CT molecular complexity index is 967. The molecule has 0 radical (unpaired) electrons. The first-order valence-electron chi connectivity index (χ1n) is 9.05. The van der Waals surface area contributed by atoms with Crippen LogP contribution in [0.2, 0.25) is 0 Å². The highest BCUT2D eigenvalue weighted by Crippen LogP contribution is 2.23. The lowest BCUT2D eigenvalue weighted by Gasteiger charge is -2.31. The Morgan fingerprint density at radius 1 is 1.10 bits per heavy atom. The standard InChI is InChI=1S/C20H20N4O5/c21-17(25)12-6-9-24(10-7-12)19(27)14-3-1-2-4-15(14)23-18(26)13-5-8-22-16(11-13)20(28)29/h1-5,8,11-12H,6-7,9-10H2,(H2,21,25)(H,23,26)(H,28,29). The number of benzene rings is 1. The summed E-state index contributed by atoms with van der Waals surface area (Å²) in [6.45, 7) is 0.808. The van der Waals surface area contributed by atoms with Crippen molar-refractivity contribution in [3.05, 3.63) is 59.4 Å². The third-order valence-electron chi connectivity index (χ3n) is 4.83. The second kappa shape index (κ2) is 8.51. The molecule has 0 bridgehead atoms. The Labute approximate surface area is 166 Å². The first-order valence-corrected chi connectivity index (χ1v) is 9.05. The third-order valence-corrected chi connectivity index (χ3v) is 4.83. The lowest BCUT2D eigenvalue weighted by molar-refractivity contribution is -0.123. The van der Waals surface area contributed by atoms with E-state index in [0.29, 0.717) is 37.2 Å². The molecule has 4 N–H and O–H groups in total. The van der Waals surface area contributed by atoms with Gasteiger partial charge in [0.1, 0.15) is 5.69 Å². The highest BCUT2D eigenvalue weighted by atomic mass is 16.4. The number of likely N-dealkylation sites (tertiary alicyclic amines) is 1. The van der Waals surface area contributed by atoms with Gasteiger partial charge in [-0.1, -0.05) is 12.1 Å². The Morgan fingerprint density at radius 3 is 2.45 bits per heavy atom. The van der Waals surface area contributed by atoms with Crippen LogP contribution < -0.4 is 11.1 Å². The summed E-state index contributed by atoms with van der Waals surface area (Å²) < 4.78 is 0. The van der Waals surface area contributed by atoms with Crippen LogP contribution in [0, 0.1) is 5.92 Å². The van der Waals surface area contributed by atoms with Gasteiger partial charge in [-0.15, -0.1) is 0 Å². The molecule has 2 heterocycles. The average molecular weight is 396 g/mol. The molecular formula is C20H20N4O5. The van der Waals surface area contributed by atoms with Gasteiger partial charge in [0, 0.05) is 30.8 Å². The maximum Gasteiger partial charge on any atom is 0.354 e. The fraction of sp³-hybridized carbons (Fsp3) is 0.250. The van der Waals surface area contributed by atoms with Gasteiger partial charge in [-0.2, -0.15) is 0 Å². The van der Waals surface area contributed by atoms with Crippen molar-refractivity contribution in [2.24, 2.45) is 11.7 Å². The predicted octanol–water partition coefficient (Wildman–Crippen LogP) is 1.37. The van der Waals surface area contributed by atoms with Gasteiger partial charge in [0.05, 0.1) is 11.3 Å². The molecule has 3 rings (SSSR count). The van der Waals surface area contributed by atoms with Crippen LogP contribution >= 0.6 is 0 Å². The minimum Gasteiger partial charge on any atom is -0.477 e. The van der Waals surface area contributed by atoms with Crippen molar-refractivity contribution < 1.29 is 24.3 Å². The Balaban J connectivity index is 1.76. The quantitative estimate of drug-likeness (QED) is 0.696. The van der Waals surface area contributed by atoms with Crippen LogP contribution in [0.5, 0.6) is 0 Å². The number of carboxylic acids is 1. The smallest absolute Gasteiger partial charge is 0.354 e. The molecule has 9 nitrogen and oxygen atoms in total. The summed E-state index contributed by atoms with van der Waals surface area (Å²) in [6.07, 6.45) is 2.24. The minimum absolute atomic E-state index is 0.113. The number of hydrogen-bond donors (Lipinski definition) is 3. The summed E-state index contributed by atoms with van der Waals surface area (Å²) in [5, 5.41) is 11.7. The normalized spacial score (nSPS) is 14.3. The first kappa shape index (κ1) is 20.0. The Kier molecular flexibility index (Phi) is 5.87. The van der Waals surface area contributed by atoms with Crippen LogP contribution in [-0.4, -0.2) is 51.8 Å². The molecule has 1 saturated heterocycles. The summed E-state index contributed by atoms with van der Waals surface area (Å²) in [6, 6.07) is 9.13. The monoisotopic (exact) mass is 396 g/mol. The molecule has 0 spiro atoms. The number of hydrogen-bond acceptors (Lipinski definition) is 5. The van der Waals surface area contributed by atoms with E-state index in [4.69, 9.17) is 10.8 Å². The molecule has 29 heavy (non-hydrogen) atoms. The molecule has 0 saturated carbocycles. The van der Waals surface area contributed by atoms with E-state index in [9.17, 15) is 19.2 Å². The van der Waals surface area contributed by atoms with Gasteiger partial charge in [-0.05, 0) is 37.1 Å². The van der Waals surface area contributed by atoms with Crippen LogP contribution in [0.25, 0.3) is 0 Å². The number of para-hydroxylation sites is 1. The van der Waals surface area contributed by atoms with Crippen molar-refractivity contribution in [2.45, 2.75) is 12.8 Å². The minimum atomic E-state index is -1.24. The molecule has 0 unspecified atom stereocenters. The molecule has 1 aliphatic heterocycles. The number of nitrogens with one attached hydrogen (secondary N) is 1. The van der Waals surface area contributed by atoms with Crippen LogP contribution in [0.15, 0.2) is 42.6 Å². The molecule has 2 aromatic rings. The van der Waals surface area contributed by atoms with Gasteiger partial charge in [-0.3, -0.25) is 14.4 Å². The van der Waals surface area contributed by atoms with Crippen molar-refractivity contribution >= 4 is 29.4 Å². The highest BCUT2D eigenvalue weighted by Gasteiger charge is 2.27. The largest absolute Gasteiger partial charge is 0.477 e. The number of aromatic nitrogens is 1. The number of amides is 3. The van der Waals surface area contributed by atoms with Gasteiger partial charge in [0.15, 0.2) is 0 Å². The fourth-order valence-corrected chi connectivity index (χ4v) is 3.20. The van der Waals surface area contributed by atoms with Crippen molar-refractivity contribution in [1.82, 2.24) is 9.88 Å². The fourth-order valence-electron chi connectivity index (χ4n) is 3.20. The van der Waals surface area contributed by atoms with Gasteiger partial charge >= 0.3 is 5.97 Å². The predicted molar refractivity (Wildman–Crippen MR) is 103 cm³/mol. The van der Waals surface area contributed by atoms with Crippen LogP contribution in [-0.2, 0) is 4.79 Å². The molecule has 1 aliphatic rings. The van der Waals surface area contributed by atoms with Gasteiger partial charge < -0.3 is 21.1 Å². The van der Waals surface area contributed by atoms with Gasteiger partial charge in [0.25, 0.3) is 11.8 Å². The van der Waals surface area contributed by atoms with Crippen LogP contribution in [0.1, 0.15) is 44.0 Å². The number of anilines is 1. The van der Waals surface area contributed by atoms with E-state index in [2.05, 4.69) is 10.3 Å². The number of nitrogens with zero attached hydrogens (tertiary/aromatic N) is 2. The van der Waals surface area contributed by atoms with E-state index in [1.165, 1.54) is 12.3 Å². The average Bonchev–Trinajstić information content (AvgIpc) is 2.73. The first-order chi connectivity index (χ1) is 13.9. The van der Waals surface area contributed by atoms with Gasteiger partial charge in [0.2, 0.25) is 5.91 Å². The number of carbonyl (C=O) groups is 4. The van der Waals surface area contributed by atoms with Crippen molar-refractivity contribution in [3.8, 4) is 0 Å². The Morgan fingerprint density at radius 2 is 1.79 bits per heavy atom. The van der Waals surface area contributed by atoms with E-state index in [1.807, 2.05) is 0 Å². The molecule has 1 aromatic heterocycles. The summed E-state index contributed by atoms with van der Waals surface area (Å²) in [5.74, 6) is -2.64. The highest BCUT2D eigenvalue weighted by molar-refractivity contribution is 6.09.